The topological polar surface area (TPSA) is 62.5 Å². The zero-order valence-corrected chi connectivity index (χ0v) is 11.2. The third kappa shape index (κ3) is 2.46. The van der Waals surface area contributed by atoms with E-state index >= 15 is 0 Å². The van der Waals surface area contributed by atoms with Crippen molar-refractivity contribution in [2.45, 2.75) is 19.9 Å². The molecule has 18 heavy (non-hydrogen) atoms. The van der Waals surface area contributed by atoms with Crippen molar-refractivity contribution in [2.24, 2.45) is 0 Å². The summed E-state index contributed by atoms with van der Waals surface area (Å²) < 4.78 is 0. The normalized spacial score (nSPS) is 21.1. The van der Waals surface area contributed by atoms with E-state index in [0.717, 1.165) is 25.3 Å². The van der Waals surface area contributed by atoms with Crippen LogP contribution in [0.4, 0.5) is 5.69 Å². The molecule has 0 saturated carbocycles. The van der Waals surface area contributed by atoms with E-state index in [9.17, 15) is 4.79 Å². The molecule has 0 aliphatic carbocycles. The van der Waals surface area contributed by atoms with Crippen LogP contribution in [-0.4, -0.2) is 53.4 Å². The number of hydrogen-bond donors (Lipinski definition) is 1. The number of pyridine rings is 1. The van der Waals surface area contributed by atoms with Gasteiger partial charge in [-0.3, -0.25) is 9.78 Å². The lowest BCUT2D eigenvalue weighted by Crippen LogP contribution is -2.52. The van der Waals surface area contributed by atoms with Gasteiger partial charge in [0.15, 0.2) is 0 Å². The summed E-state index contributed by atoms with van der Waals surface area (Å²) in [6.07, 6.45) is 1.58. The molecule has 1 amide bonds. The molecular formula is C13H20N4O. The molecule has 1 fully saturated rings. The minimum absolute atomic E-state index is 0.0345. The molecule has 0 spiro atoms. The SMILES string of the molecule is Cc1ncc(N)cc1C(=O)N1CCN(C)C(C)C1. The summed E-state index contributed by atoms with van der Waals surface area (Å²) in [6.45, 7) is 6.38. The number of hydrogen-bond acceptors (Lipinski definition) is 4. The van der Waals surface area contributed by atoms with Gasteiger partial charge in [-0.05, 0) is 27.0 Å². The van der Waals surface area contributed by atoms with Crippen molar-refractivity contribution in [3.8, 4) is 0 Å². The molecule has 1 atom stereocenters. The van der Waals surface area contributed by atoms with Crippen LogP contribution < -0.4 is 5.73 Å². The van der Waals surface area contributed by atoms with E-state index < -0.39 is 0 Å². The zero-order chi connectivity index (χ0) is 13.3. The van der Waals surface area contributed by atoms with Crippen molar-refractivity contribution in [2.75, 3.05) is 32.4 Å². The molecule has 1 aromatic rings. The van der Waals surface area contributed by atoms with Crippen molar-refractivity contribution >= 4 is 11.6 Å². The van der Waals surface area contributed by atoms with E-state index in [1.54, 1.807) is 12.3 Å². The van der Waals surface area contributed by atoms with Gasteiger partial charge in [-0.15, -0.1) is 0 Å². The van der Waals surface area contributed by atoms with Crippen LogP contribution in [0.15, 0.2) is 12.3 Å². The molecule has 2 N–H and O–H groups in total. The lowest BCUT2D eigenvalue weighted by atomic mass is 10.1. The number of aryl methyl sites for hydroxylation is 1. The monoisotopic (exact) mass is 248 g/mol. The molecule has 1 unspecified atom stereocenters. The second kappa shape index (κ2) is 4.94. The summed E-state index contributed by atoms with van der Waals surface area (Å²) in [6, 6.07) is 2.10. The molecule has 0 radical (unpaired) electrons. The lowest BCUT2D eigenvalue weighted by molar-refractivity contribution is 0.0571. The Labute approximate surface area is 108 Å². The molecule has 1 aromatic heterocycles. The molecule has 5 nitrogen and oxygen atoms in total. The highest BCUT2D eigenvalue weighted by atomic mass is 16.2. The predicted molar refractivity (Wildman–Crippen MR) is 71.4 cm³/mol. The number of nitrogens with zero attached hydrogens (tertiary/aromatic N) is 3. The Morgan fingerprint density at radius 3 is 2.89 bits per heavy atom. The summed E-state index contributed by atoms with van der Waals surface area (Å²) in [7, 11) is 2.08. The van der Waals surface area contributed by atoms with Gasteiger partial charge in [0.2, 0.25) is 0 Å². The van der Waals surface area contributed by atoms with Crippen LogP contribution >= 0.6 is 0 Å². The molecule has 5 heteroatoms. The van der Waals surface area contributed by atoms with Crippen LogP contribution in [0.5, 0.6) is 0 Å². The summed E-state index contributed by atoms with van der Waals surface area (Å²) in [5.74, 6) is 0.0345. The fourth-order valence-corrected chi connectivity index (χ4v) is 2.17. The van der Waals surface area contributed by atoms with E-state index in [1.165, 1.54) is 0 Å². The van der Waals surface area contributed by atoms with Gasteiger partial charge in [-0.1, -0.05) is 0 Å². The molecule has 1 aliphatic heterocycles. The average Bonchev–Trinajstić information content (AvgIpc) is 2.35. The first-order valence-electron chi connectivity index (χ1n) is 6.20. The van der Waals surface area contributed by atoms with Gasteiger partial charge in [-0.2, -0.15) is 0 Å². The lowest BCUT2D eigenvalue weighted by Gasteiger charge is -2.37. The number of nitrogens with two attached hydrogens (primary N) is 1. The van der Waals surface area contributed by atoms with Crippen LogP contribution in [-0.2, 0) is 0 Å². The maximum atomic E-state index is 12.4. The first-order chi connectivity index (χ1) is 8.49. The molecule has 2 heterocycles. The van der Waals surface area contributed by atoms with E-state index in [-0.39, 0.29) is 5.91 Å². The molecule has 1 saturated heterocycles. The van der Waals surface area contributed by atoms with Gasteiger partial charge in [0.25, 0.3) is 5.91 Å². The zero-order valence-electron chi connectivity index (χ0n) is 11.2. The standard InChI is InChI=1S/C13H20N4O/c1-9-8-17(5-4-16(9)3)13(18)12-6-11(14)7-15-10(12)2/h6-7,9H,4-5,8,14H2,1-3H3. The van der Waals surface area contributed by atoms with Crippen LogP contribution in [0.25, 0.3) is 0 Å². The minimum Gasteiger partial charge on any atom is -0.397 e. The van der Waals surface area contributed by atoms with E-state index in [0.29, 0.717) is 17.3 Å². The summed E-state index contributed by atoms with van der Waals surface area (Å²) in [5, 5.41) is 0. The number of likely N-dealkylation sites (N-methyl/N-ethyl adjacent to an activating group) is 1. The van der Waals surface area contributed by atoms with Crippen molar-refractivity contribution in [1.82, 2.24) is 14.8 Å². The third-order valence-corrected chi connectivity index (χ3v) is 3.59. The number of amides is 1. The van der Waals surface area contributed by atoms with Crippen LogP contribution in [0, 0.1) is 6.92 Å². The number of carbonyl (C=O) groups excluding carboxylic acids is 1. The van der Waals surface area contributed by atoms with Crippen molar-refractivity contribution in [3.63, 3.8) is 0 Å². The highest BCUT2D eigenvalue weighted by Crippen LogP contribution is 2.15. The second-order valence-electron chi connectivity index (χ2n) is 4.98. The first-order valence-corrected chi connectivity index (χ1v) is 6.20. The molecule has 0 aromatic carbocycles. The number of anilines is 1. The Kier molecular flexibility index (Phi) is 3.52. The van der Waals surface area contributed by atoms with Gasteiger partial charge < -0.3 is 15.5 Å². The second-order valence-corrected chi connectivity index (χ2v) is 4.98. The van der Waals surface area contributed by atoms with Crippen molar-refractivity contribution in [1.29, 1.82) is 0 Å². The van der Waals surface area contributed by atoms with Crippen molar-refractivity contribution < 1.29 is 4.79 Å². The number of rotatable bonds is 1. The van der Waals surface area contributed by atoms with Crippen LogP contribution in [0.3, 0.4) is 0 Å². The summed E-state index contributed by atoms with van der Waals surface area (Å²) >= 11 is 0. The number of aromatic nitrogens is 1. The highest BCUT2D eigenvalue weighted by Gasteiger charge is 2.26. The van der Waals surface area contributed by atoms with E-state index in [1.807, 2.05) is 11.8 Å². The largest absolute Gasteiger partial charge is 0.397 e. The Hall–Kier alpha value is -1.62. The van der Waals surface area contributed by atoms with Gasteiger partial charge in [0.1, 0.15) is 0 Å². The average molecular weight is 248 g/mol. The van der Waals surface area contributed by atoms with Crippen molar-refractivity contribution in [3.05, 3.63) is 23.5 Å². The van der Waals surface area contributed by atoms with Gasteiger partial charge in [0, 0.05) is 25.7 Å². The Morgan fingerprint density at radius 2 is 2.22 bits per heavy atom. The predicted octanol–water partition coefficient (Wildman–Crippen LogP) is 0.748. The summed E-state index contributed by atoms with van der Waals surface area (Å²) in [4.78, 5) is 20.7. The Bertz CT molecular complexity index is 460. The maximum absolute atomic E-state index is 12.4. The number of piperazine rings is 1. The molecule has 98 valence electrons. The fourth-order valence-electron chi connectivity index (χ4n) is 2.17. The van der Waals surface area contributed by atoms with Crippen LogP contribution in [0.1, 0.15) is 23.0 Å². The summed E-state index contributed by atoms with van der Waals surface area (Å²) in [5.41, 5.74) is 7.59. The van der Waals surface area contributed by atoms with Crippen LogP contribution in [0.2, 0.25) is 0 Å². The molecule has 0 bridgehead atoms. The maximum Gasteiger partial charge on any atom is 0.255 e. The Balaban J connectivity index is 2.19. The Morgan fingerprint density at radius 1 is 1.50 bits per heavy atom. The molecule has 1 aliphatic rings. The molecular weight excluding hydrogens is 228 g/mol. The fraction of sp³-hybridized carbons (Fsp3) is 0.538. The smallest absolute Gasteiger partial charge is 0.255 e. The first kappa shape index (κ1) is 12.8. The van der Waals surface area contributed by atoms with Gasteiger partial charge >= 0.3 is 0 Å². The quantitative estimate of drug-likeness (QED) is 0.796. The highest BCUT2D eigenvalue weighted by molar-refractivity contribution is 5.96. The molecule has 2 rings (SSSR count). The van der Waals surface area contributed by atoms with E-state index in [4.69, 9.17) is 5.73 Å². The number of carbonyl (C=O) groups is 1. The van der Waals surface area contributed by atoms with E-state index in [2.05, 4.69) is 23.9 Å². The van der Waals surface area contributed by atoms with Gasteiger partial charge in [0.05, 0.1) is 23.1 Å². The minimum atomic E-state index is 0.0345. The third-order valence-electron chi connectivity index (χ3n) is 3.59. The number of nitrogen functional groups attached to an aromatic ring is 1. The van der Waals surface area contributed by atoms with Gasteiger partial charge in [-0.25, -0.2) is 0 Å².